The molecule has 3 aromatic rings. The predicted molar refractivity (Wildman–Crippen MR) is 149 cm³/mol. The third-order valence-electron chi connectivity index (χ3n) is 7.51. The molecule has 0 saturated carbocycles. The summed E-state index contributed by atoms with van der Waals surface area (Å²) in [4.78, 5) is 61.7. The summed E-state index contributed by atoms with van der Waals surface area (Å²) in [6.45, 7) is 1.50. The van der Waals surface area contributed by atoms with Crippen LogP contribution in [0.2, 0.25) is 0 Å². The molecule has 3 amide bonds. The summed E-state index contributed by atoms with van der Waals surface area (Å²) in [6.07, 6.45) is 4.89. The molecule has 212 valence electrons. The van der Waals surface area contributed by atoms with Crippen LogP contribution in [0.15, 0.2) is 55.0 Å². The number of nitrogens with zero attached hydrogens (tertiary/aromatic N) is 4. The lowest BCUT2D eigenvalue weighted by atomic mass is 10.0. The van der Waals surface area contributed by atoms with Crippen molar-refractivity contribution < 1.29 is 24.3 Å². The molecule has 1 aliphatic rings. The van der Waals surface area contributed by atoms with E-state index in [0.29, 0.717) is 19.6 Å². The fourth-order valence-electron chi connectivity index (χ4n) is 5.39. The molecule has 0 spiro atoms. The number of carboxylic acid groups (broad SMARTS) is 1. The summed E-state index contributed by atoms with van der Waals surface area (Å²) in [5.41, 5.74) is 7.00. The average molecular weight is 549 g/mol. The van der Waals surface area contributed by atoms with E-state index in [9.17, 15) is 24.3 Å². The van der Waals surface area contributed by atoms with Gasteiger partial charge in [-0.25, -0.2) is 9.78 Å². The number of aromatic nitrogens is 2. The van der Waals surface area contributed by atoms with Crippen molar-refractivity contribution in [1.82, 2.24) is 24.7 Å². The molecule has 4 rings (SSSR count). The van der Waals surface area contributed by atoms with E-state index in [1.807, 2.05) is 52.3 Å². The number of primary amides is 1. The number of hydrogen-bond donors (Lipinski definition) is 3. The number of carboxylic acids is 1. The van der Waals surface area contributed by atoms with Gasteiger partial charge in [0.25, 0.3) is 0 Å². The van der Waals surface area contributed by atoms with Crippen molar-refractivity contribution in [3.8, 4) is 0 Å². The number of H-pyrrole nitrogens is 1. The molecule has 1 fully saturated rings. The standard InChI is InChI=1S/C29H36N6O5/c1-33(25(29(39)40)11-12-26(30)36)28(38)18-34(16-21-8-4-7-20-6-2-3-10-24(20)21)17-23-9-5-13-35(23)27(37)14-22-15-31-19-32-22/h2-4,6-8,10,15,19,23,25H,5,9,11-14,16-18H2,1H3,(H2,30,36)(H,31,32)(H,39,40)/t23-,25-/m0/s1. The van der Waals surface area contributed by atoms with Gasteiger partial charge in [0, 0.05) is 51.0 Å². The highest BCUT2D eigenvalue weighted by Gasteiger charge is 2.33. The minimum atomic E-state index is -1.19. The number of aromatic amines is 1. The van der Waals surface area contributed by atoms with Crippen LogP contribution >= 0.6 is 0 Å². The first-order chi connectivity index (χ1) is 19.2. The van der Waals surface area contributed by atoms with Gasteiger partial charge in [-0.15, -0.1) is 0 Å². The summed E-state index contributed by atoms with van der Waals surface area (Å²) in [5, 5.41) is 11.9. The van der Waals surface area contributed by atoms with Gasteiger partial charge in [0.2, 0.25) is 17.7 Å². The first-order valence-electron chi connectivity index (χ1n) is 13.5. The zero-order valence-corrected chi connectivity index (χ0v) is 22.7. The molecular weight excluding hydrogens is 512 g/mol. The molecule has 11 heteroatoms. The Bertz CT molecular complexity index is 1340. The van der Waals surface area contributed by atoms with E-state index >= 15 is 0 Å². The van der Waals surface area contributed by atoms with E-state index in [-0.39, 0.29) is 43.7 Å². The molecular formula is C29H36N6O5. The first kappa shape index (κ1) is 28.8. The van der Waals surface area contributed by atoms with Gasteiger partial charge in [-0.2, -0.15) is 0 Å². The Kier molecular flexibility index (Phi) is 9.49. The number of fused-ring (bicyclic) bond motifs is 1. The number of hydrogen-bond acceptors (Lipinski definition) is 6. The highest BCUT2D eigenvalue weighted by Crippen LogP contribution is 2.24. The number of carbonyl (C=O) groups excluding carboxylic acids is 3. The van der Waals surface area contributed by atoms with Crippen LogP contribution in [0.4, 0.5) is 0 Å². The van der Waals surface area contributed by atoms with Crippen LogP contribution in [0.25, 0.3) is 10.8 Å². The van der Waals surface area contributed by atoms with Gasteiger partial charge >= 0.3 is 5.97 Å². The van der Waals surface area contributed by atoms with E-state index in [4.69, 9.17) is 5.73 Å². The molecule has 1 saturated heterocycles. The zero-order chi connectivity index (χ0) is 28.6. The number of amides is 3. The number of nitrogens with one attached hydrogen (secondary N) is 1. The van der Waals surface area contributed by atoms with Crippen LogP contribution in [-0.2, 0) is 32.1 Å². The van der Waals surface area contributed by atoms with Crippen LogP contribution in [0.1, 0.15) is 36.9 Å². The number of imidazole rings is 1. The summed E-state index contributed by atoms with van der Waals surface area (Å²) in [7, 11) is 1.44. The molecule has 11 nitrogen and oxygen atoms in total. The van der Waals surface area contributed by atoms with Crippen molar-refractivity contribution in [1.29, 1.82) is 0 Å². The Hall–Kier alpha value is -4.25. The van der Waals surface area contributed by atoms with E-state index in [1.54, 1.807) is 12.5 Å². The van der Waals surface area contributed by atoms with Crippen molar-refractivity contribution in [2.45, 2.75) is 50.7 Å². The number of likely N-dealkylation sites (tertiary alicyclic amines) is 1. The van der Waals surface area contributed by atoms with Crippen LogP contribution < -0.4 is 5.73 Å². The van der Waals surface area contributed by atoms with Gasteiger partial charge in [-0.05, 0) is 35.6 Å². The van der Waals surface area contributed by atoms with E-state index in [0.717, 1.165) is 34.9 Å². The quantitative estimate of drug-likeness (QED) is 0.294. The monoisotopic (exact) mass is 548 g/mol. The van der Waals surface area contributed by atoms with E-state index in [2.05, 4.69) is 9.97 Å². The molecule has 2 aromatic carbocycles. The lowest BCUT2D eigenvalue weighted by Gasteiger charge is -2.33. The minimum absolute atomic E-state index is 0.00213. The number of carbonyl (C=O) groups is 4. The summed E-state index contributed by atoms with van der Waals surface area (Å²) >= 11 is 0. The zero-order valence-electron chi connectivity index (χ0n) is 22.7. The number of aliphatic carboxylic acids is 1. The highest BCUT2D eigenvalue weighted by molar-refractivity contribution is 5.87. The van der Waals surface area contributed by atoms with E-state index < -0.39 is 17.9 Å². The molecule has 0 unspecified atom stereocenters. The van der Waals surface area contributed by atoms with Gasteiger partial charge in [0.05, 0.1) is 19.3 Å². The largest absolute Gasteiger partial charge is 0.480 e. The summed E-state index contributed by atoms with van der Waals surface area (Å²) in [6, 6.07) is 12.8. The molecule has 2 heterocycles. The van der Waals surface area contributed by atoms with Crippen LogP contribution in [0, 0.1) is 0 Å². The predicted octanol–water partition coefficient (Wildman–Crippen LogP) is 1.78. The Labute approximate surface area is 232 Å². The summed E-state index contributed by atoms with van der Waals surface area (Å²) in [5.74, 6) is -2.20. The maximum absolute atomic E-state index is 13.4. The lowest BCUT2D eigenvalue weighted by molar-refractivity contribution is -0.150. The third kappa shape index (κ3) is 7.23. The Morgan fingerprint density at radius 3 is 2.67 bits per heavy atom. The van der Waals surface area contributed by atoms with Gasteiger partial charge in [-0.1, -0.05) is 42.5 Å². The van der Waals surface area contributed by atoms with E-state index in [1.165, 1.54) is 11.9 Å². The number of likely N-dealkylation sites (N-methyl/N-ethyl adjacent to an activating group) is 1. The van der Waals surface area contributed by atoms with Crippen molar-refractivity contribution in [3.05, 3.63) is 66.2 Å². The molecule has 1 aliphatic heterocycles. The topological polar surface area (TPSA) is 153 Å². The van der Waals surface area contributed by atoms with Gasteiger partial charge in [-0.3, -0.25) is 19.3 Å². The number of rotatable bonds is 13. The second-order valence-corrected chi connectivity index (χ2v) is 10.3. The molecule has 1 aromatic heterocycles. The van der Waals surface area contributed by atoms with Gasteiger partial charge < -0.3 is 25.6 Å². The van der Waals surface area contributed by atoms with Gasteiger partial charge in [0.1, 0.15) is 6.04 Å². The molecule has 40 heavy (non-hydrogen) atoms. The Balaban J connectivity index is 1.54. The normalized spacial score (nSPS) is 15.8. The van der Waals surface area contributed by atoms with Crippen LogP contribution in [0.3, 0.4) is 0 Å². The molecule has 2 atom stereocenters. The smallest absolute Gasteiger partial charge is 0.326 e. The Morgan fingerprint density at radius 1 is 1.18 bits per heavy atom. The Morgan fingerprint density at radius 2 is 1.95 bits per heavy atom. The number of benzene rings is 2. The van der Waals surface area contributed by atoms with Gasteiger partial charge in [0.15, 0.2) is 0 Å². The fraction of sp³-hybridized carbons (Fsp3) is 0.414. The SMILES string of the molecule is CN(C(=O)CN(Cc1cccc2ccccc12)C[C@@H]1CCCN1C(=O)Cc1cnc[nH]1)[C@@H](CCC(N)=O)C(=O)O. The first-order valence-corrected chi connectivity index (χ1v) is 13.5. The molecule has 0 aliphatic carbocycles. The average Bonchev–Trinajstić information content (AvgIpc) is 3.60. The third-order valence-corrected chi connectivity index (χ3v) is 7.51. The van der Waals surface area contributed by atoms with Crippen LogP contribution in [0.5, 0.6) is 0 Å². The van der Waals surface area contributed by atoms with Crippen LogP contribution in [-0.4, -0.2) is 92.2 Å². The van der Waals surface area contributed by atoms with Crippen molar-refractivity contribution >= 4 is 34.5 Å². The van der Waals surface area contributed by atoms with Crippen molar-refractivity contribution in [2.24, 2.45) is 5.73 Å². The summed E-state index contributed by atoms with van der Waals surface area (Å²) < 4.78 is 0. The second kappa shape index (κ2) is 13.2. The van der Waals surface area contributed by atoms with Crippen molar-refractivity contribution in [3.63, 3.8) is 0 Å². The maximum Gasteiger partial charge on any atom is 0.326 e. The molecule has 4 N–H and O–H groups in total. The fourth-order valence-corrected chi connectivity index (χ4v) is 5.39. The number of nitrogens with two attached hydrogens (primary N) is 1. The molecule has 0 radical (unpaired) electrons. The van der Waals surface area contributed by atoms with Crippen molar-refractivity contribution in [2.75, 3.05) is 26.7 Å². The maximum atomic E-state index is 13.4. The molecule has 0 bridgehead atoms. The second-order valence-electron chi connectivity index (χ2n) is 10.3. The highest BCUT2D eigenvalue weighted by atomic mass is 16.4. The lowest BCUT2D eigenvalue weighted by Crippen LogP contribution is -2.49. The minimum Gasteiger partial charge on any atom is -0.480 e.